The maximum Gasteiger partial charge on any atom is 0.261 e. The Morgan fingerprint density at radius 2 is 1.48 bits per heavy atom. The number of amides is 3. The second kappa shape index (κ2) is 7.87. The van der Waals surface area contributed by atoms with Crippen LogP contribution in [0.4, 0.5) is 0 Å². The number of hydrogen-bond acceptors (Lipinski definition) is 3. The molecule has 0 fully saturated rings. The minimum absolute atomic E-state index is 0.00484. The molecule has 0 spiro atoms. The molecule has 29 heavy (non-hydrogen) atoms. The summed E-state index contributed by atoms with van der Waals surface area (Å²) in [6.07, 6.45) is 0.740. The highest BCUT2D eigenvalue weighted by atomic mass is 16.2. The van der Waals surface area contributed by atoms with Crippen LogP contribution in [0.15, 0.2) is 66.7 Å². The van der Waals surface area contributed by atoms with Crippen molar-refractivity contribution in [3.05, 3.63) is 83.4 Å². The molecule has 5 nitrogen and oxygen atoms in total. The first-order valence-corrected chi connectivity index (χ1v) is 9.71. The molecule has 0 bridgehead atoms. The van der Waals surface area contributed by atoms with Gasteiger partial charge in [-0.2, -0.15) is 0 Å². The zero-order valence-corrected chi connectivity index (χ0v) is 16.3. The lowest BCUT2D eigenvalue weighted by atomic mass is 10.1. The zero-order valence-electron chi connectivity index (χ0n) is 16.3. The SMILES string of the molecule is CN(Cc1ccc2ccccc2c1)C(=O)CCCN1C(=O)c2ccccc2C1=O. The van der Waals surface area contributed by atoms with Gasteiger partial charge >= 0.3 is 0 Å². The maximum atomic E-state index is 12.5. The van der Waals surface area contributed by atoms with Crippen LogP contribution in [0.1, 0.15) is 39.1 Å². The molecule has 146 valence electrons. The first kappa shape index (κ1) is 18.9. The predicted molar refractivity (Wildman–Crippen MR) is 111 cm³/mol. The third kappa shape index (κ3) is 3.76. The normalized spacial score (nSPS) is 13.1. The molecule has 0 unspecified atom stereocenters. The van der Waals surface area contributed by atoms with Crippen molar-refractivity contribution in [1.82, 2.24) is 9.80 Å². The maximum absolute atomic E-state index is 12.5. The Labute approximate surface area is 169 Å². The van der Waals surface area contributed by atoms with Gasteiger partial charge in [-0.3, -0.25) is 19.3 Å². The number of fused-ring (bicyclic) bond motifs is 2. The number of carbonyl (C=O) groups is 3. The van der Waals surface area contributed by atoms with E-state index >= 15 is 0 Å². The largest absolute Gasteiger partial charge is 0.341 e. The van der Waals surface area contributed by atoms with E-state index < -0.39 is 0 Å². The van der Waals surface area contributed by atoms with E-state index in [1.807, 2.05) is 18.2 Å². The third-order valence-electron chi connectivity index (χ3n) is 5.31. The Bertz CT molecular complexity index is 1070. The average Bonchev–Trinajstić information content (AvgIpc) is 2.98. The molecular formula is C24H22N2O3. The van der Waals surface area contributed by atoms with Gasteiger partial charge in [-0.15, -0.1) is 0 Å². The minimum Gasteiger partial charge on any atom is -0.341 e. The average molecular weight is 386 g/mol. The lowest BCUT2D eigenvalue weighted by molar-refractivity contribution is -0.130. The Balaban J connectivity index is 1.31. The van der Waals surface area contributed by atoms with Gasteiger partial charge in [-0.25, -0.2) is 0 Å². The van der Waals surface area contributed by atoms with Crippen LogP contribution >= 0.6 is 0 Å². The summed E-state index contributed by atoms with van der Waals surface area (Å²) in [4.78, 5) is 40.2. The summed E-state index contributed by atoms with van der Waals surface area (Å²) in [5.41, 5.74) is 1.95. The fourth-order valence-corrected chi connectivity index (χ4v) is 3.72. The van der Waals surface area contributed by atoms with Crippen molar-refractivity contribution in [2.75, 3.05) is 13.6 Å². The Kier molecular flexibility index (Phi) is 5.12. The number of rotatable bonds is 6. The highest BCUT2D eigenvalue weighted by Crippen LogP contribution is 2.23. The molecule has 0 N–H and O–H groups in total. The van der Waals surface area contributed by atoms with E-state index in [0.717, 1.165) is 10.9 Å². The Morgan fingerprint density at radius 3 is 2.17 bits per heavy atom. The van der Waals surface area contributed by atoms with Gasteiger partial charge in [0.05, 0.1) is 11.1 Å². The number of benzene rings is 3. The smallest absolute Gasteiger partial charge is 0.261 e. The van der Waals surface area contributed by atoms with Crippen LogP contribution in [0.25, 0.3) is 10.8 Å². The quantitative estimate of drug-likeness (QED) is 0.604. The van der Waals surface area contributed by atoms with Gasteiger partial charge in [0.15, 0.2) is 0 Å². The van der Waals surface area contributed by atoms with E-state index in [1.54, 1.807) is 36.2 Å². The molecule has 3 amide bonds. The molecule has 3 aromatic rings. The summed E-state index contributed by atoms with van der Waals surface area (Å²) in [5, 5.41) is 2.32. The summed E-state index contributed by atoms with van der Waals surface area (Å²) >= 11 is 0. The fourth-order valence-electron chi connectivity index (χ4n) is 3.72. The number of imide groups is 1. The van der Waals surface area contributed by atoms with Crippen LogP contribution in [0.3, 0.4) is 0 Å². The van der Waals surface area contributed by atoms with Crippen molar-refractivity contribution >= 4 is 28.5 Å². The van der Waals surface area contributed by atoms with E-state index in [-0.39, 0.29) is 30.7 Å². The standard InChI is InChI=1S/C24H22N2O3/c1-25(16-17-12-13-18-7-2-3-8-19(18)15-17)22(27)11-6-14-26-23(28)20-9-4-5-10-21(20)24(26)29/h2-5,7-10,12-13,15H,6,11,14,16H2,1H3. The molecule has 0 radical (unpaired) electrons. The van der Waals surface area contributed by atoms with E-state index in [2.05, 4.69) is 24.3 Å². The molecule has 0 aliphatic carbocycles. The van der Waals surface area contributed by atoms with Crippen LogP contribution in [-0.4, -0.2) is 41.1 Å². The minimum atomic E-state index is -0.275. The van der Waals surface area contributed by atoms with Crippen molar-refractivity contribution in [1.29, 1.82) is 0 Å². The molecule has 0 atom stereocenters. The first-order chi connectivity index (χ1) is 14.0. The van der Waals surface area contributed by atoms with Crippen LogP contribution in [0, 0.1) is 0 Å². The van der Waals surface area contributed by atoms with Crippen molar-refractivity contribution in [2.24, 2.45) is 0 Å². The van der Waals surface area contributed by atoms with Crippen molar-refractivity contribution in [3.63, 3.8) is 0 Å². The summed E-state index contributed by atoms with van der Waals surface area (Å²) in [6, 6.07) is 21.1. The summed E-state index contributed by atoms with van der Waals surface area (Å²) in [5.74, 6) is -0.556. The van der Waals surface area contributed by atoms with Gasteiger partial charge in [-0.05, 0) is 41.0 Å². The lowest BCUT2D eigenvalue weighted by Gasteiger charge is -2.19. The molecule has 0 aromatic heterocycles. The van der Waals surface area contributed by atoms with Gasteiger partial charge < -0.3 is 4.90 Å². The molecule has 4 rings (SSSR count). The summed E-state index contributed by atoms with van der Waals surface area (Å²) in [7, 11) is 1.78. The first-order valence-electron chi connectivity index (χ1n) is 9.71. The summed E-state index contributed by atoms with van der Waals surface area (Å²) in [6.45, 7) is 0.776. The van der Waals surface area contributed by atoms with Gasteiger partial charge in [0.1, 0.15) is 0 Å². The fraction of sp³-hybridized carbons (Fsp3) is 0.208. The molecule has 1 aliphatic rings. The van der Waals surface area contributed by atoms with E-state index in [9.17, 15) is 14.4 Å². The Hall–Kier alpha value is -3.47. The van der Waals surface area contributed by atoms with Crippen LogP contribution < -0.4 is 0 Å². The van der Waals surface area contributed by atoms with E-state index in [0.29, 0.717) is 24.1 Å². The van der Waals surface area contributed by atoms with Gasteiger partial charge in [0.2, 0.25) is 5.91 Å². The molecule has 0 saturated heterocycles. The zero-order chi connectivity index (χ0) is 20.4. The molecule has 5 heteroatoms. The van der Waals surface area contributed by atoms with E-state index in [4.69, 9.17) is 0 Å². The summed E-state index contributed by atoms with van der Waals surface area (Å²) < 4.78 is 0. The monoisotopic (exact) mass is 386 g/mol. The van der Waals surface area contributed by atoms with Gasteiger partial charge in [0.25, 0.3) is 11.8 Å². The topological polar surface area (TPSA) is 57.7 Å². The van der Waals surface area contributed by atoms with Crippen LogP contribution in [-0.2, 0) is 11.3 Å². The lowest BCUT2D eigenvalue weighted by Crippen LogP contribution is -2.32. The second-order valence-electron chi connectivity index (χ2n) is 7.34. The number of hydrogen-bond donors (Lipinski definition) is 0. The van der Waals surface area contributed by atoms with Crippen LogP contribution in [0.5, 0.6) is 0 Å². The Morgan fingerprint density at radius 1 is 0.862 bits per heavy atom. The molecular weight excluding hydrogens is 364 g/mol. The van der Waals surface area contributed by atoms with Gasteiger partial charge in [0, 0.05) is 26.6 Å². The van der Waals surface area contributed by atoms with E-state index in [1.165, 1.54) is 10.3 Å². The van der Waals surface area contributed by atoms with Crippen molar-refractivity contribution in [2.45, 2.75) is 19.4 Å². The molecule has 1 aliphatic heterocycles. The highest BCUT2D eigenvalue weighted by molar-refractivity contribution is 6.21. The second-order valence-corrected chi connectivity index (χ2v) is 7.34. The highest BCUT2D eigenvalue weighted by Gasteiger charge is 2.34. The predicted octanol–water partition coefficient (Wildman–Crippen LogP) is 3.87. The number of carbonyl (C=O) groups excluding carboxylic acids is 3. The van der Waals surface area contributed by atoms with Crippen molar-refractivity contribution < 1.29 is 14.4 Å². The molecule has 1 heterocycles. The molecule has 0 saturated carbocycles. The van der Waals surface area contributed by atoms with Crippen molar-refractivity contribution in [3.8, 4) is 0 Å². The number of nitrogens with zero attached hydrogens (tertiary/aromatic N) is 2. The molecule has 3 aromatic carbocycles. The third-order valence-corrected chi connectivity index (χ3v) is 5.31. The van der Waals surface area contributed by atoms with Gasteiger partial charge in [-0.1, -0.05) is 48.5 Å². The van der Waals surface area contributed by atoms with Crippen LogP contribution in [0.2, 0.25) is 0 Å².